The van der Waals surface area contributed by atoms with Gasteiger partial charge in [0.25, 0.3) is 5.91 Å². The Kier molecular flexibility index (Phi) is 5.51. The van der Waals surface area contributed by atoms with E-state index in [1.165, 1.54) is 27.8 Å². The molecule has 0 aromatic heterocycles. The van der Waals surface area contributed by atoms with Gasteiger partial charge in [0.2, 0.25) is 5.75 Å². The van der Waals surface area contributed by atoms with Gasteiger partial charge in [0.15, 0.2) is 16.6 Å². The molecule has 1 aromatic carbocycles. The molecular weight excluding hydrogens is 354 g/mol. The Morgan fingerprint density at radius 1 is 1.04 bits per heavy atom. The maximum atomic E-state index is 12.4. The summed E-state index contributed by atoms with van der Waals surface area (Å²) in [6.45, 7) is 0. The van der Waals surface area contributed by atoms with Gasteiger partial charge in [-0.3, -0.25) is 15.6 Å². The van der Waals surface area contributed by atoms with Crippen molar-refractivity contribution in [3.05, 3.63) is 29.8 Å². The summed E-state index contributed by atoms with van der Waals surface area (Å²) in [5, 5.41) is 3.67. The summed E-state index contributed by atoms with van der Waals surface area (Å²) < 4.78 is 15.8. The summed E-state index contributed by atoms with van der Waals surface area (Å²) in [6.07, 6.45) is 6.76. The molecule has 3 rings (SSSR count). The van der Waals surface area contributed by atoms with E-state index in [1.54, 1.807) is 12.1 Å². The van der Waals surface area contributed by atoms with E-state index in [0.29, 0.717) is 45.8 Å². The molecular formula is C18H23N3O4S. The van der Waals surface area contributed by atoms with Gasteiger partial charge in [-0.1, -0.05) is 12.2 Å². The lowest BCUT2D eigenvalue weighted by Crippen LogP contribution is -2.50. The highest BCUT2D eigenvalue weighted by Crippen LogP contribution is 2.39. The van der Waals surface area contributed by atoms with E-state index in [2.05, 4.69) is 28.3 Å². The number of hydrazine groups is 1. The molecule has 0 saturated heterocycles. The third kappa shape index (κ3) is 3.70. The Labute approximate surface area is 158 Å². The summed E-state index contributed by atoms with van der Waals surface area (Å²) >= 11 is 5.28. The molecule has 0 spiro atoms. The van der Waals surface area contributed by atoms with Gasteiger partial charge in [-0.05, 0) is 49.0 Å². The number of benzene rings is 1. The van der Waals surface area contributed by atoms with Crippen LogP contribution in [0, 0.1) is 11.8 Å². The Morgan fingerprint density at radius 3 is 2.23 bits per heavy atom. The fourth-order valence-electron chi connectivity index (χ4n) is 3.55. The van der Waals surface area contributed by atoms with Crippen molar-refractivity contribution in [2.45, 2.75) is 18.9 Å². The number of fused-ring (bicyclic) bond motifs is 2. The van der Waals surface area contributed by atoms with E-state index >= 15 is 0 Å². The fourth-order valence-corrected chi connectivity index (χ4v) is 3.75. The van der Waals surface area contributed by atoms with E-state index in [1.807, 2.05) is 0 Å². The predicted octanol–water partition coefficient (Wildman–Crippen LogP) is 1.79. The van der Waals surface area contributed by atoms with Crippen molar-refractivity contribution in [3.8, 4) is 17.2 Å². The Bertz CT molecular complexity index is 712. The first kappa shape index (κ1) is 18.3. The molecule has 7 nitrogen and oxygen atoms in total. The minimum absolute atomic E-state index is 0.322. The molecule has 1 saturated carbocycles. The molecule has 2 aliphatic rings. The average molecular weight is 377 g/mol. The Balaban J connectivity index is 1.59. The molecule has 0 radical (unpaired) electrons. The lowest BCUT2D eigenvalue weighted by molar-refractivity contribution is 0.0942. The van der Waals surface area contributed by atoms with Gasteiger partial charge in [0, 0.05) is 11.6 Å². The highest BCUT2D eigenvalue weighted by molar-refractivity contribution is 7.80. The van der Waals surface area contributed by atoms with Crippen LogP contribution in [0.1, 0.15) is 23.2 Å². The lowest BCUT2D eigenvalue weighted by Gasteiger charge is -2.22. The third-order valence-electron chi connectivity index (χ3n) is 4.81. The summed E-state index contributed by atoms with van der Waals surface area (Å²) in [5.41, 5.74) is 5.71. The number of thiocarbonyl (C=S) groups is 1. The van der Waals surface area contributed by atoms with Crippen LogP contribution < -0.4 is 30.4 Å². The number of nitrogens with one attached hydrogen (secondary N) is 3. The van der Waals surface area contributed by atoms with Gasteiger partial charge in [-0.2, -0.15) is 0 Å². The fraction of sp³-hybridized carbons (Fsp3) is 0.444. The molecule has 0 aliphatic heterocycles. The average Bonchev–Trinajstić information content (AvgIpc) is 3.27. The lowest BCUT2D eigenvalue weighted by atomic mass is 10.0. The largest absolute Gasteiger partial charge is 0.493 e. The minimum Gasteiger partial charge on any atom is -0.493 e. The molecule has 3 atom stereocenters. The number of carbonyl (C=O) groups is 1. The Morgan fingerprint density at radius 2 is 1.73 bits per heavy atom. The van der Waals surface area contributed by atoms with E-state index in [-0.39, 0.29) is 5.91 Å². The summed E-state index contributed by atoms with van der Waals surface area (Å²) in [7, 11) is 4.51. The number of methoxy groups -OCH3 is 3. The molecule has 1 aromatic rings. The van der Waals surface area contributed by atoms with Crippen LogP contribution in [0.25, 0.3) is 0 Å². The quantitative estimate of drug-likeness (QED) is 0.410. The summed E-state index contributed by atoms with van der Waals surface area (Å²) in [5.74, 6) is 2.06. The number of ether oxygens (including phenoxy) is 3. The van der Waals surface area contributed by atoms with Crippen molar-refractivity contribution in [1.82, 2.24) is 16.2 Å². The molecule has 26 heavy (non-hydrogen) atoms. The Hall–Kier alpha value is -2.48. The van der Waals surface area contributed by atoms with E-state index in [9.17, 15) is 4.79 Å². The second-order valence-corrected chi connectivity index (χ2v) is 6.76. The molecule has 8 heteroatoms. The molecule has 0 unspecified atom stereocenters. The number of hydrogen-bond donors (Lipinski definition) is 3. The zero-order valence-electron chi connectivity index (χ0n) is 15.0. The molecule has 0 heterocycles. The van der Waals surface area contributed by atoms with Gasteiger partial charge in [0.05, 0.1) is 21.3 Å². The number of hydrogen-bond acceptors (Lipinski definition) is 5. The van der Waals surface area contributed by atoms with Crippen LogP contribution in [0.4, 0.5) is 0 Å². The SMILES string of the molecule is COc1cc(C(=O)NNC(=S)N[C@@H]2C[C@@H]3C=C[C@H]2C3)cc(OC)c1OC. The second kappa shape index (κ2) is 7.82. The first-order valence-electron chi connectivity index (χ1n) is 8.41. The highest BCUT2D eigenvalue weighted by atomic mass is 32.1. The standard InChI is InChI=1S/C18H23N3O4S/c1-23-14-8-12(9-15(24-2)16(14)25-3)17(22)20-21-18(26)19-13-7-10-4-5-11(13)6-10/h4-5,8-11,13H,6-7H2,1-3H3,(H,20,22)(H2,19,21,26)/t10-,11+,13-/m1/s1. The second-order valence-electron chi connectivity index (χ2n) is 6.35. The first-order chi connectivity index (χ1) is 12.5. The number of rotatable bonds is 5. The monoisotopic (exact) mass is 377 g/mol. The molecule has 2 bridgehead atoms. The van der Waals surface area contributed by atoms with Crippen LogP contribution in [-0.4, -0.2) is 38.4 Å². The van der Waals surface area contributed by atoms with Crippen LogP contribution in [0.3, 0.4) is 0 Å². The van der Waals surface area contributed by atoms with Gasteiger partial charge < -0.3 is 19.5 Å². The maximum Gasteiger partial charge on any atom is 0.269 e. The van der Waals surface area contributed by atoms with Crippen molar-refractivity contribution in [2.24, 2.45) is 11.8 Å². The smallest absolute Gasteiger partial charge is 0.269 e. The van der Waals surface area contributed by atoms with Crippen molar-refractivity contribution in [1.29, 1.82) is 0 Å². The molecule has 140 valence electrons. The van der Waals surface area contributed by atoms with Crippen molar-refractivity contribution in [2.75, 3.05) is 21.3 Å². The van der Waals surface area contributed by atoms with Crippen LogP contribution in [0.15, 0.2) is 24.3 Å². The summed E-state index contributed by atoms with van der Waals surface area (Å²) in [6, 6.07) is 3.48. The molecule has 2 aliphatic carbocycles. The van der Waals surface area contributed by atoms with Gasteiger partial charge in [-0.25, -0.2) is 0 Å². The van der Waals surface area contributed by atoms with Gasteiger partial charge in [0.1, 0.15) is 0 Å². The van der Waals surface area contributed by atoms with E-state index in [4.69, 9.17) is 26.4 Å². The highest BCUT2D eigenvalue weighted by Gasteiger charge is 2.35. The molecule has 1 amide bonds. The van der Waals surface area contributed by atoms with E-state index in [0.717, 1.165) is 6.42 Å². The van der Waals surface area contributed by atoms with Crippen LogP contribution in [-0.2, 0) is 0 Å². The third-order valence-corrected chi connectivity index (χ3v) is 5.03. The van der Waals surface area contributed by atoms with Crippen molar-refractivity contribution >= 4 is 23.2 Å². The van der Waals surface area contributed by atoms with Gasteiger partial charge in [-0.15, -0.1) is 0 Å². The number of amides is 1. The van der Waals surface area contributed by atoms with Crippen molar-refractivity contribution in [3.63, 3.8) is 0 Å². The number of allylic oxidation sites excluding steroid dienone is 1. The van der Waals surface area contributed by atoms with Crippen LogP contribution in [0.5, 0.6) is 17.2 Å². The minimum atomic E-state index is -0.360. The van der Waals surface area contributed by atoms with Gasteiger partial charge >= 0.3 is 0 Å². The molecule has 1 fully saturated rings. The predicted molar refractivity (Wildman–Crippen MR) is 102 cm³/mol. The number of carbonyl (C=O) groups excluding carboxylic acids is 1. The normalized spacial score (nSPS) is 22.7. The van der Waals surface area contributed by atoms with Crippen LogP contribution >= 0.6 is 12.2 Å². The van der Waals surface area contributed by atoms with Crippen LogP contribution in [0.2, 0.25) is 0 Å². The maximum absolute atomic E-state index is 12.4. The first-order valence-corrected chi connectivity index (χ1v) is 8.81. The topological polar surface area (TPSA) is 80.9 Å². The zero-order valence-corrected chi connectivity index (χ0v) is 15.8. The molecule has 3 N–H and O–H groups in total. The zero-order chi connectivity index (χ0) is 18.7. The summed E-state index contributed by atoms with van der Waals surface area (Å²) in [4.78, 5) is 12.4. The van der Waals surface area contributed by atoms with Crippen molar-refractivity contribution < 1.29 is 19.0 Å². The van der Waals surface area contributed by atoms with E-state index < -0.39 is 0 Å².